The molecule has 0 amide bonds. The Labute approximate surface area is 47.5 Å². The summed E-state index contributed by atoms with van der Waals surface area (Å²) >= 11 is 5.48. The molecule has 0 atom stereocenters. The van der Waals surface area contributed by atoms with Crippen LogP contribution < -0.4 is 0 Å². The minimum Gasteiger partial charge on any atom is -0.348 e. The van der Waals surface area contributed by atoms with Gasteiger partial charge in [-0.3, -0.25) is 0 Å². The summed E-state index contributed by atoms with van der Waals surface area (Å²) in [7, 11) is 1.88. The number of halogens is 1. The Kier molecular flexibility index (Phi) is 1.07. The fraction of sp³-hybridized carbons (Fsp3) is 0.200. The van der Waals surface area contributed by atoms with E-state index in [1.54, 1.807) is 10.6 Å². The predicted molar refractivity (Wildman–Crippen MR) is 29.3 cm³/mol. The number of nitrogens with zero attached hydrogens (tertiary/aromatic N) is 1. The number of rotatable bonds is 0. The van der Waals surface area contributed by atoms with Crippen molar-refractivity contribution < 1.29 is 0 Å². The van der Waals surface area contributed by atoms with Gasteiger partial charge >= 0.3 is 0 Å². The molecule has 0 aliphatic carbocycles. The van der Waals surface area contributed by atoms with E-state index >= 15 is 0 Å². The SMILES string of the molecule is Cn1[c]c(Cl)cc1. The molecule has 0 N–H and O–H groups in total. The maximum absolute atomic E-state index is 5.48. The quantitative estimate of drug-likeness (QED) is 0.482. The lowest BCUT2D eigenvalue weighted by Gasteiger charge is -1.78. The first kappa shape index (κ1) is 4.72. The van der Waals surface area contributed by atoms with Crippen LogP contribution in [0.1, 0.15) is 0 Å². The molecule has 0 unspecified atom stereocenters. The number of aryl methyl sites for hydroxylation is 1. The summed E-state index contributed by atoms with van der Waals surface area (Å²) in [6.45, 7) is 0. The normalized spacial score (nSPS) is 9.43. The van der Waals surface area contributed by atoms with Crippen molar-refractivity contribution >= 4 is 11.6 Å². The lowest BCUT2D eigenvalue weighted by atomic mass is 10.7. The van der Waals surface area contributed by atoms with Crippen LogP contribution in [0.4, 0.5) is 0 Å². The minimum atomic E-state index is 0.669. The van der Waals surface area contributed by atoms with Crippen LogP contribution in [0, 0.1) is 6.20 Å². The molecular formula is C5H5ClN. The van der Waals surface area contributed by atoms with E-state index in [4.69, 9.17) is 11.6 Å². The van der Waals surface area contributed by atoms with Gasteiger partial charge in [-0.05, 0) is 6.07 Å². The zero-order valence-electron chi connectivity index (χ0n) is 3.98. The third-order valence-corrected chi connectivity index (χ3v) is 0.938. The van der Waals surface area contributed by atoms with E-state index in [0.717, 1.165) is 0 Å². The summed E-state index contributed by atoms with van der Waals surface area (Å²) in [5.41, 5.74) is 0. The van der Waals surface area contributed by atoms with Crippen molar-refractivity contribution in [3.63, 3.8) is 0 Å². The molecule has 0 bridgehead atoms. The topological polar surface area (TPSA) is 4.93 Å². The van der Waals surface area contributed by atoms with Crippen LogP contribution in [-0.2, 0) is 7.05 Å². The van der Waals surface area contributed by atoms with Gasteiger partial charge in [0.25, 0.3) is 0 Å². The van der Waals surface area contributed by atoms with Crippen molar-refractivity contribution in [3.05, 3.63) is 23.5 Å². The Bertz CT molecular complexity index is 140. The van der Waals surface area contributed by atoms with Gasteiger partial charge in [-0.1, -0.05) is 11.6 Å². The Morgan fingerprint density at radius 1 is 1.86 bits per heavy atom. The maximum Gasteiger partial charge on any atom is 0.0849 e. The fourth-order valence-electron chi connectivity index (χ4n) is 0.420. The molecule has 1 rings (SSSR count). The van der Waals surface area contributed by atoms with Crippen LogP contribution in [0.15, 0.2) is 12.3 Å². The molecule has 0 aliphatic rings. The summed E-state index contributed by atoms with van der Waals surface area (Å²) < 4.78 is 1.78. The van der Waals surface area contributed by atoms with E-state index in [0.29, 0.717) is 5.02 Å². The molecule has 0 saturated heterocycles. The first-order valence-electron chi connectivity index (χ1n) is 1.99. The van der Waals surface area contributed by atoms with Gasteiger partial charge in [-0.25, -0.2) is 0 Å². The standard InChI is InChI=1S/C5H5ClN/c1-7-3-2-5(6)4-7/h2-3H,1H3. The number of aromatic nitrogens is 1. The summed E-state index contributed by atoms with van der Waals surface area (Å²) in [5, 5.41) is 0.669. The van der Waals surface area contributed by atoms with Crippen molar-refractivity contribution in [1.29, 1.82) is 0 Å². The largest absolute Gasteiger partial charge is 0.348 e. The highest BCUT2D eigenvalue weighted by Crippen LogP contribution is 2.03. The average molecular weight is 115 g/mol. The van der Waals surface area contributed by atoms with E-state index in [1.807, 2.05) is 13.2 Å². The lowest BCUT2D eigenvalue weighted by Crippen LogP contribution is -1.76. The van der Waals surface area contributed by atoms with Crippen molar-refractivity contribution in [1.82, 2.24) is 4.57 Å². The summed E-state index contributed by atoms with van der Waals surface area (Å²) in [6.07, 6.45) is 4.67. The molecule has 37 valence electrons. The molecule has 1 heterocycles. The number of hydrogen-bond donors (Lipinski definition) is 0. The van der Waals surface area contributed by atoms with Crippen molar-refractivity contribution in [2.24, 2.45) is 7.05 Å². The Morgan fingerprint density at radius 3 is 2.71 bits per heavy atom. The molecule has 0 saturated carbocycles. The molecular weight excluding hydrogens is 110 g/mol. The highest BCUT2D eigenvalue weighted by molar-refractivity contribution is 6.30. The molecule has 0 spiro atoms. The van der Waals surface area contributed by atoms with E-state index in [1.165, 1.54) is 0 Å². The van der Waals surface area contributed by atoms with Gasteiger partial charge in [-0.15, -0.1) is 0 Å². The molecule has 0 fully saturated rings. The summed E-state index contributed by atoms with van der Waals surface area (Å²) in [6, 6.07) is 1.79. The van der Waals surface area contributed by atoms with E-state index in [-0.39, 0.29) is 0 Å². The van der Waals surface area contributed by atoms with E-state index in [2.05, 4.69) is 6.20 Å². The third-order valence-electron chi connectivity index (χ3n) is 0.728. The van der Waals surface area contributed by atoms with E-state index in [9.17, 15) is 0 Å². The monoisotopic (exact) mass is 114 g/mol. The van der Waals surface area contributed by atoms with Gasteiger partial charge < -0.3 is 4.57 Å². The molecule has 1 aromatic heterocycles. The molecule has 7 heavy (non-hydrogen) atoms. The molecule has 0 aromatic carbocycles. The Morgan fingerprint density at radius 2 is 2.57 bits per heavy atom. The molecule has 2 heteroatoms. The van der Waals surface area contributed by atoms with Crippen LogP contribution in [-0.4, -0.2) is 4.57 Å². The lowest BCUT2D eigenvalue weighted by molar-refractivity contribution is 0.919. The van der Waals surface area contributed by atoms with Crippen molar-refractivity contribution in [2.75, 3.05) is 0 Å². The van der Waals surface area contributed by atoms with Crippen molar-refractivity contribution in [3.8, 4) is 0 Å². The fourth-order valence-corrected chi connectivity index (χ4v) is 0.610. The Balaban J connectivity index is 3.04. The second kappa shape index (κ2) is 1.58. The third kappa shape index (κ3) is 0.967. The second-order valence-electron chi connectivity index (χ2n) is 1.39. The zero-order chi connectivity index (χ0) is 5.28. The van der Waals surface area contributed by atoms with Crippen LogP contribution in [0.2, 0.25) is 5.02 Å². The second-order valence-corrected chi connectivity index (χ2v) is 1.79. The van der Waals surface area contributed by atoms with Crippen LogP contribution in [0.3, 0.4) is 0 Å². The van der Waals surface area contributed by atoms with Gasteiger partial charge in [0.1, 0.15) is 0 Å². The molecule has 1 radical (unpaired) electrons. The maximum atomic E-state index is 5.48. The first-order chi connectivity index (χ1) is 3.29. The molecule has 1 aromatic rings. The van der Waals surface area contributed by atoms with Gasteiger partial charge in [0.2, 0.25) is 0 Å². The van der Waals surface area contributed by atoms with Gasteiger partial charge in [0, 0.05) is 13.2 Å². The van der Waals surface area contributed by atoms with Crippen molar-refractivity contribution in [2.45, 2.75) is 0 Å². The summed E-state index contributed by atoms with van der Waals surface area (Å²) in [4.78, 5) is 0. The van der Waals surface area contributed by atoms with Crippen LogP contribution in [0.25, 0.3) is 0 Å². The highest BCUT2D eigenvalue weighted by atomic mass is 35.5. The molecule has 0 aliphatic heterocycles. The Hall–Kier alpha value is -0.430. The average Bonchev–Trinajstić information content (AvgIpc) is 1.87. The predicted octanol–water partition coefficient (Wildman–Crippen LogP) is 1.48. The van der Waals surface area contributed by atoms with Gasteiger partial charge in [0.05, 0.1) is 11.2 Å². The summed E-state index contributed by atoms with van der Waals surface area (Å²) in [5.74, 6) is 0. The smallest absolute Gasteiger partial charge is 0.0849 e. The van der Waals surface area contributed by atoms with Gasteiger partial charge in [-0.2, -0.15) is 0 Å². The highest BCUT2D eigenvalue weighted by Gasteiger charge is 1.84. The number of hydrogen-bond acceptors (Lipinski definition) is 0. The first-order valence-corrected chi connectivity index (χ1v) is 2.37. The van der Waals surface area contributed by atoms with Gasteiger partial charge in [0.15, 0.2) is 0 Å². The zero-order valence-corrected chi connectivity index (χ0v) is 4.74. The van der Waals surface area contributed by atoms with Crippen LogP contribution in [0.5, 0.6) is 0 Å². The molecule has 1 nitrogen and oxygen atoms in total. The van der Waals surface area contributed by atoms with Crippen LogP contribution >= 0.6 is 11.6 Å². The minimum absolute atomic E-state index is 0.669. The van der Waals surface area contributed by atoms with E-state index < -0.39 is 0 Å².